The molecular formula is C21H26N2O4. The van der Waals surface area contributed by atoms with Gasteiger partial charge in [-0.3, -0.25) is 4.79 Å². The number of aryl methyl sites for hydroxylation is 2. The van der Waals surface area contributed by atoms with Gasteiger partial charge in [0.2, 0.25) is 5.91 Å². The summed E-state index contributed by atoms with van der Waals surface area (Å²) in [5, 5.41) is 24.6. The van der Waals surface area contributed by atoms with Gasteiger partial charge in [0.05, 0.1) is 11.8 Å². The van der Waals surface area contributed by atoms with Gasteiger partial charge in [0.25, 0.3) is 0 Å². The molecule has 2 aliphatic rings. The largest absolute Gasteiger partial charge is 0.396 e. The van der Waals surface area contributed by atoms with E-state index in [2.05, 4.69) is 5.16 Å². The number of carbonyl (C=O) groups excluding carboxylic acids is 1. The molecular weight excluding hydrogens is 344 g/mol. The second-order valence-electron chi connectivity index (χ2n) is 7.88. The van der Waals surface area contributed by atoms with Crippen LogP contribution in [0.4, 0.5) is 0 Å². The number of rotatable bonds is 5. The highest BCUT2D eigenvalue weighted by molar-refractivity contribution is 5.77. The fourth-order valence-corrected chi connectivity index (χ4v) is 5.01. The molecule has 1 saturated carbocycles. The van der Waals surface area contributed by atoms with Gasteiger partial charge in [0.1, 0.15) is 5.76 Å². The van der Waals surface area contributed by atoms with Crippen LogP contribution in [0.25, 0.3) is 0 Å². The van der Waals surface area contributed by atoms with E-state index in [0.29, 0.717) is 25.9 Å². The van der Waals surface area contributed by atoms with E-state index in [1.54, 1.807) is 4.90 Å². The van der Waals surface area contributed by atoms with Crippen LogP contribution in [0.15, 0.2) is 34.9 Å². The van der Waals surface area contributed by atoms with E-state index < -0.39 is 11.5 Å². The Morgan fingerprint density at radius 3 is 2.70 bits per heavy atom. The number of hydrogen-bond acceptors (Lipinski definition) is 5. The maximum atomic E-state index is 12.8. The van der Waals surface area contributed by atoms with Gasteiger partial charge in [-0.1, -0.05) is 35.5 Å². The average molecular weight is 370 g/mol. The van der Waals surface area contributed by atoms with Gasteiger partial charge in [0.15, 0.2) is 0 Å². The normalized spacial score (nSPS) is 29.5. The number of carbonyl (C=O) groups is 1. The molecule has 144 valence electrons. The molecule has 6 heteroatoms. The molecule has 1 aromatic heterocycles. The second kappa shape index (κ2) is 6.77. The van der Waals surface area contributed by atoms with Gasteiger partial charge in [-0.2, -0.15) is 0 Å². The standard InChI is InChI=1S/C21H26N2O4/c1-13-16(14(2)27-22-13)8-9-19(26)23-10-18(25)21(12-23)17(11-24)20(21)15-6-4-3-5-7-15/h3-7,17-18,20,24-25H,8-12H2,1-2H3/t17-,18+,20-,21-/m1/s1. The smallest absolute Gasteiger partial charge is 0.223 e. The number of aromatic nitrogens is 1. The Morgan fingerprint density at radius 2 is 2.07 bits per heavy atom. The Hall–Kier alpha value is -2.18. The molecule has 2 aromatic rings. The number of benzene rings is 1. The molecule has 1 aromatic carbocycles. The summed E-state index contributed by atoms with van der Waals surface area (Å²) >= 11 is 0. The maximum Gasteiger partial charge on any atom is 0.223 e. The van der Waals surface area contributed by atoms with Crippen LogP contribution in [-0.4, -0.2) is 52.0 Å². The number of nitrogens with zero attached hydrogens (tertiary/aromatic N) is 2. The highest BCUT2D eigenvalue weighted by Gasteiger charge is 2.71. The summed E-state index contributed by atoms with van der Waals surface area (Å²) in [5.41, 5.74) is 2.51. The van der Waals surface area contributed by atoms with Crippen molar-refractivity contribution in [3.63, 3.8) is 0 Å². The van der Waals surface area contributed by atoms with Gasteiger partial charge in [0, 0.05) is 37.1 Å². The molecule has 0 radical (unpaired) electrons. The zero-order valence-electron chi connectivity index (χ0n) is 15.8. The monoisotopic (exact) mass is 370 g/mol. The molecule has 4 rings (SSSR count). The predicted octanol–water partition coefficient (Wildman–Crippen LogP) is 1.82. The molecule has 0 unspecified atom stereocenters. The minimum atomic E-state index is -0.608. The van der Waals surface area contributed by atoms with Crippen LogP contribution in [0.3, 0.4) is 0 Å². The summed E-state index contributed by atoms with van der Waals surface area (Å²) in [5.74, 6) is 0.876. The van der Waals surface area contributed by atoms with Crippen molar-refractivity contribution in [3.8, 4) is 0 Å². The first-order valence-corrected chi connectivity index (χ1v) is 9.52. The number of amides is 1. The summed E-state index contributed by atoms with van der Waals surface area (Å²) < 4.78 is 5.16. The van der Waals surface area contributed by atoms with E-state index in [9.17, 15) is 15.0 Å². The number of aliphatic hydroxyl groups is 2. The minimum Gasteiger partial charge on any atom is -0.396 e. The fourth-order valence-electron chi connectivity index (χ4n) is 5.01. The van der Waals surface area contributed by atoms with Gasteiger partial charge in [-0.25, -0.2) is 0 Å². The summed E-state index contributed by atoms with van der Waals surface area (Å²) in [6.07, 6.45) is 0.347. The molecule has 0 bridgehead atoms. The van der Waals surface area contributed by atoms with Crippen LogP contribution in [0.1, 0.15) is 34.9 Å². The third-order valence-electron chi connectivity index (χ3n) is 6.52. The summed E-state index contributed by atoms with van der Waals surface area (Å²) in [7, 11) is 0. The SMILES string of the molecule is Cc1noc(C)c1CCC(=O)N1C[C@H](O)[C@@]2(C1)[C@H](CO)[C@H]2c1ccccc1. The van der Waals surface area contributed by atoms with Crippen LogP contribution in [0, 0.1) is 25.2 Å². The van der Waals surface area contributed by atoms with Crippen molar-refractivity contribution in [3.05, 3.63) is 52.9 Å². The van der Waals surface area contributed by atoms with Crippen molar-refractivity contribution < 1.29 is 19.5 Å². The van der Waals surface area contributed by atoms with Crippen molar-refractivity contribution in [1.29, 1.82) is 0 Å². The van der Waals surface area contributed by atoms with Crippen LogP contribution in [0.2, 0.25) is 0 Å². The lowest BCUT2D eigenvalue weighted by atomic mass is 9.95. The van der Waals surface area contributed by atoms with Crippen molar-refractivity contribution in [1.82, 2.24) is 10.1 Å². The molecule has 1 amide bonds. The second-order valence-corrected chi connectivity index (χ2v) is 7.88. The molecule has 4 atom stereocenters. The lowest BCUT2D eigenvalue weighted by Gasteiger charge is -2.17. The van der Waals surface area contributed by atoms with Crippen molar-refractivity contribution >= 4 is 5.91 Å². The molecule has 27 heavy (non-hydrogen) atoms. The van der Waals surface area contributed by atoms with E-state index in [0.717, 1.165) is 22.6 Å². The maximum absolute atomic E-state index is 12.8. The average Bonchev–Trinajstić information content (AvgIpc) is 3.04. The fraction of sp³-hybridized carbons (Fsp3) is 0.524. The van der Waals surface area contributed by atoms with Crippen LogP contribution in [-0.2, 0) is 11.2 Å². The summed E-state index contributed by atoms with van der Waals surface area (Å²) in [6, 6.07) is 9.99. The van der Waals surface area contributed by atoms with E-state index in [1.807, 2.05) is 44.2 Å². The molecule has 1 aliphatic heterocycles. The van der Waals surface area contributed by atoms with Crippen molar-refractivity contribution in [2.75, 3.05) is 19.7 Å². The van der Waals surface area contributed by atoms with E-state index in [4.69, 9.17) is 4.52 Å². The Bertz CT molecular complexity index is 814. The van der Waals surface area contributed by atoms with Crippen LogP contribution >= 0.6 is 0 Å². The third-order valence-corrected chi connectivity index (χ3v) is 6.52. The quantitative estimate of drug-likeness (QED) is 0.838. The zero-order valence-corrected chi connectivity index (χ0v) is 15.8. The van der Waals surface area contributed by atoms with E-state index in [-0.39, 0.29) is 24.3 Å². The lowest BCUT2D eigenvalue weighted by Crippen LogP contribution is -2.30. The molecule has 6 nitrogen and oxygen atoms in total. The van der Waals surface area contributed by atoms with Gasteiger partial charge >= 0.3 is 0 Å². The van der Waals surface area contributed by atoms with Gasteiger partial charge in [-0.15, -0.1) is 0 Å². The Balaban J connectivity index is 1.46. The van der Waals surface area contributed by atoms with Crippen molar-refractivity contribution in [2.24, 2.45) is 11.3 Å². The Kier molecular flexibility index (Phi) is 4.56. The van der Waals surface area contributed by atoms with E-state index >= 15 is 0 Å². The molecule has 1 spiro atoms. The lowest BCUT2D eigenvalue weighted by molar-refractivity contribution is -0.130. The predicted molar refractivity (Wildman–Crippen MR) is 99.1 cm³/mol. The van der Waals surface area contributed by atoms with Gasteiger partial charge in [-0.05, 0) is 37.7 Å². The summed E-state index contributed by atoms with van der Waals surface area (Å²) in [6.45, 7) is 4.59. The molecule has 2 N–H and O–H groups in total. The first-order valence-electron chi connectivity index (χ1n) is 9.52. The third kappa shape index (κ3) is 2.87. The van der Waals surface area contributed by atoms with Crippen LogP contribution < -0.4 is 0 Å². The Morgan fingerprint density at radius 1 is 1.33 bits per heavy atom. The summed E-state index contributed by atoms with van der Waals surface area (Å²) in [4.78, 5) is 14.5. The number of hydrogen-bond donors (Lipinski definition) is 2. The first-order chi connectivity index (χ1) is 13.0. The minimum absolute atomic E-state index is 0.00439. The molecule has 1 aliphatic carbocycles. The highest BCUT2D eigenvalue weighted by atomic mass is 16.5. The number of β-amino-alcohol motifs (C(OH)–C–C–N with tert-alkyl or cyclic N) is 1. The molecule has 2 heterocycles. The topological polar surface area (TPSA) is 86.8 Å². The zero-order chi connectivity index (χ0) is 19.2. The Labute approximate surface area is 158 Å². The van der Waals surface area contributed by atoms with E-state index in [1.165, 1.54) is 0 Å². The highest BCUT2D eigenvalue weighted by Crippen LogP contribution is 2.68. The molecule has 1 saturated heterocycles. The van der Waals surface area contributed by atoms with Crippen LogP contribution in [0.5, 0.6) is 0 Å². The first kappa shape index (κ1) is 18.2. The molecule has 2 fully saturated rings. The number of aliphatic hydroxyl groups excluding tert-OH is 2. The van der Waals surface area contributed by atoms with Gasteiger partial charge < -0.3 is 19.6 Å². The number of likely N-dealkylation sites (tertiary alicyclic amines) is 1. The van der Waals surface area contributed by atoms with Crippen molar-refractivity contribution in [2.45, 2.75) is 38.7 Å².